The summed E-state index contributed by atoms with van der Waals surface area (Å²) in [5.41, 5.74) is 0. The van der Waals surface area contributed by atoms with Gasteiger partial charge in [0.05, 0.1) is 20.0 Å². The Labute approximate surface area is 160 Å². The lowest BCUT2D eigenvalue weighted by Crippen LogP contribution is -2.35. The monoisotopic (exact) mass is 416 g/mol. The van der Waals surface area contributed by atoms with Crippen molar-refractivity contribution in [2.24, 2.45) is 0 Å². The summed E-state index contributed by atoms with van der Waals surface area (Å²) < 4.78 is 27.2. The average molecular weight is 417 g/mol. The molecule has 134 valence electrons. The lowest BCUT2D eigenvalue weighted by atomic mass is 10.2. The Morgan fingerprint density at radius 3 is 2.56 bits per heavy atom. The third-order valence-electron chi connectivity index (χ3n) is 3.86. The van der Waals surface area contributed by atoms with Gasteiger partial charge >= 0.3 is 0 Å². The molecule has 3 heterocycles. The number of Topliss-reactive ketones (excluding diaryl/α,β-unsaturated/α-hetero) is 1. The zero-order valence-electron chi connectivity index (χ0n) is 13.4. The van der Waals surface area contributed by atoms with Crippen molar-refractivity contribution in [3.8, 4) is 0 Å². The Bertz CT molecular complexity index is 844. The molecule has 9 heteroatoms. The van der Waals surface area contributed by atoms with E-state index >= 15 is 0 Å². The van der Waals surface area contributed by atoms with Crippen LogP contribution in [0, 0.1) is 0 Å². The zero-order valence-corrected chi connectivity index (χ0v) is 16.6. The van der Waals surface area contributed by atoms with Crippen molar-refractivity contribution in [1.82, 2.24) is 9.29 Å². The highest BCUT2D eigenvalue weighted by Gasteiger charge is 2.26. The number of hydrogen-bond donors (Lipinski definition) is 0. The number of ketones is 1. The number of pyridine rings is 1. The van der Waals surface area contributed by atoms with Gasteiger partial charge in [-0.3, -0.25) is 4.79 Å². The number of halogens is 1. The second-order valence-corrected chi connectivity index (χ2v) is 10.3. The van der Waals surface area contributed by atoms with Crippen molar-refractivity contribution in [2.75, 3.05) is 18.8 Å². The van der Waals surface area contributed by atoms with Crippen LogP contribution in [0.2, 0.25) is 4.34 Å². The smallest absolute Gasteiger partial charge is 0.244 e. The lowest BCUT2D eigenvalue weighted by molar-refractivity contribution is 0.102. The Morgan fingerprint density at radius 1 is 1.20 bits per heavy atom. The number of nitrogens with zero attached hydrogens (tertiary/aromatic N) is 2. The Balaban J connectivity index is 1.63. The van der Waals surface area contributed by atoms with Gasteiger partial charge in [0.25, 0.3) is 0 Å². The summed E-state index contributed by atoms with van der Waals surface area (Å²) in [7, 11) is -3.47. The topological polar surface area (TPSA) is 67.3 Å². The Kier molecular flexibility index (Phi) is 6.17. The Hall–Kier alpha value is -0.930. The van der Waals surface area contributed by atoms with Crippen molar-refractivity contribution >= 4 is 50.5 Å². The normalized spacial score (nSPS) is 16.0. The molecule has 0 N–H and O–H groups in total. The third-order valence-corrected chi connectivity index (χ3v) is 7.96. The minimum absolute atomic E-state index is 0.0197. The third kappa shape index (κ3) is 4.62. The fraction of sp³-hybridized carbons (Fsp3) is 0.375. The van der Waals surface area contributed by atoms with Crippen LogP contribution in [-0.4, -0.2) is 42.3 Å². The van der Waals surface area contributed by atoms with Crippen LogP contribution in [0.5, 0.6) is 0 Å². The van der Waals surface area contributed by atoms with E-state index in [0.717, 1.165) is 19.3 Å². The predicted molar refractivity (Wildman–Crippen MR) is 101 cm³/mol. The summed E-state index contributed by atoms with van der Waals surface area (Å²) in [5, 5.41) is 0.619. The van der Waals surface area contributed by atoms with Crippen LogP contribution in [0.15, 0.2) is 40.4 Å². The molecule has 0 unspecified atom stereocenters. The second-order valence-electron chi connectivity index (χ2n) is 5.61. The molecule has 1 fully saturated rings. The van der Waals surface area contributed by atoms with Crippen molar-refractivity contribution in [2.45, 2.75) is 29.2 Å². The number of hydrogen-bond acceptors (Lipinski definition) is 6. The van der Waals surface area contributed by atoms with Crippen LogP contribution >= 0.6 is 34.7 Å². The van der Waals surface area contributed by atoms with Gasteiger partial charge in [0.1, 0.15) is 4.90 Å². The SMILES string of the molecule is O=C(CSc1ccc(S(=O)(=O)N2CCCCC2)cn1)c1ccc(Cl)s1. The lowest BCUT2D eigenvalue weighted by Gasteiger charge is -2.25. The number of thiophene rings is 1. The van der Waals surface area contributed by atoms with E-state index in [1.807, 2.05) is 0 Å². The first-order chi connectivity index (χ1) is 12.0. The summed E-state index contributed by atoms with van der Waals surface area (Å²) in [6.45, 7) is 1.13. The molecule has 3 rings (SSSR count). The largest absolute Gasteiger partial charge is 0.292 e. The summed E-state index contributed by atoms with van der Waals surface area (Å²) in [6.07, 6.45) is 4.24. The number of carbonyl (C=O) groups excluding carboxylic acids is 1. The summed E-state index contributed by atoms with van der Waals surface area (Å²) in [5.74, 6) is 0.218. The molecule has 0 amide bonds. The van der Waals surface area contributed by atoms with Gasteiger partial charge in [0.2, 0.25) is 10.0 Å². The van der Waals surface area contributed by atoms with Crippen LogP contribution in [0.25, 0.3) is 0 Å². The molecule has 2 aromatic heterocycles. The van der Waals surface area contributed by atoms with Crippen molar-refractivity contribution < 1.29 is 13.2 Å². The minimum Gasteiger partial charge on any atom is -0.292 e. The van der Waals surface area contributed by atoms with Gasteiger partial charge in [0, 0.05) is 19.3 Å². The molecule has 0 radical (unpaired) electrons. The molecule has 0 aliphatic carbocycles. The number of sulfonamides is 1. The molecule has 5 nitrogen and oxygen atoms in total. The highest BCUT2D eigenvalue weighted by atomic mass is 35.5. The second kappa shape index (κ2) is 8.18. The molecular weight excluding hydrogens is 400 g/mol. The molecule has 0 bridgehead atoms. The van der Waals surface area contributed by atoms with Gasteiger partial charge in [-0.05, 0) is 37.1 Å². The highest BCUT2D eigenvalue weighted by molar-refractivity contribution is 8.00. The number of carbonyl (C=O) groups is 1. The van der Waals surface area contributed by atoms with E-state index < -0.39 is 10.0 Å². The molecular formula is C16H17ClN2O3S3. The van der Waals surface area contributed by atoms with Crippen LogP contribution in [0.1, 0.15) is 28.9 Å². The van der Waals surface area contributed by atoms with Gasteiger partial charge in [-0.2, -0.15) is 4.31 Å². The maximum atomic E-state index is 12.6. The zero-order chi connectivity index (χ0) is 17.9. The van der Waals surface area contributed by atoms with E-state index in [9.17, 15) is 13.2 Å². The van der Waals surface area contributed by atoms with Gasteiger partial charge < -0.3 is 0 Å². The van der Waals surface area contributed by atoms with Crippen LogP contribution in [0.3, 0.4) is 0 Å². The number of aromatic nitrogens is 1. The molecule has 1 saturated heterocycles. The molecule has 1 aliphatic rings. The predicted octanol–water partition coefficient (Wildman–Crippen LogP) is 3.95. The van der Waals surface area contributed by atoms with Crippen molar-refractivity contribution in [3.63, 3.8) is 0 Å². The molecule has 2 aromatic rings. The molecule has 1 aliphatic heterocycles. The van der Waals surface area contributed by atoms with E-state index in [-0.39, 0.29) is 16.4 Å². The minimum atomic E-state index is -3.47. The molecule has 0 saturated carbocycles. The fourth-order valence-corrected chi connectivity index (χ4v) is 5.79. The molecule has 0 atom stereocenters. The van der Waals surface area contributed by atoms with E-state index in [2.05, 4.69) is 4.98 Å². The van der Waals surface area contributed by atoms with Crippen LogP contribution in [-0.2, 0) is 10.0 Å². The Morgan fingerprint density at radius 2 is 1.96 bits per heavy atom. The fourth-order valence-electron chi connectivity index (χ4n) is 2.53. The molecule has 0 spiro atoms. The van der Waals surface area contributed by atoms with E-state index in [1.54, 1.807) is 24.3 Å². The maximum absolute atomic E-state index is 12.6. The van der Waals surface area contributed by atoms with Gasteiger partial charge in [-0.1, -0.05) is 29.8 Å². The van der Waals surface area contributed by atoms with E-state index in [1.165, 1.54) is 33.6 Å². The summed E-state index contributed by atoms with van der Waals surface area (Å²) in [4.78, 5) is 17.1. The molecule has 25 heavy (non-hydrogen) atoms. The van der Waals surface area contributed by atoms with Crippen molar-refractivity contribution in [1.29, 1.82) is 0 Å². The van der Waals surface area contributed by atoms with Crippen LogP contribution in [0.4, 0.5) is 0 Å². The first kappa shape index (κ1) is 18.8. The van der Waals surface area contributed by atoms with Crippen LogP contribution < -0.4 is 0 Å². The average Bonchev–Trinajstić information content (AvgIpc) is 3.07. The highest BCUT2D eigenvalue weighted by Crippen LogP contribution is 2.25. The van der Waals surface area contributed by atoms with Gasteiger partial charge in [0.15, 0.2) is 5.78 Å². The first-order valence-corrected chi connectivity index (χ1v) is 11.5. The van der Waals surface area contributed by atoms with E-state index in [4.69, 9.17) is 11.6 Å². The number of piperidine rings is 1. The maximum Gasteiger partial charge on any atom is 0.244 e. The number of rotatable bonds is 6. The number of thioether (sulfide) groups is 1. The summed E-state index contributed by atoms with van der Waals surface area (Å²) in [6, 6.07) is 6.61. The van der Waals surface area contributed by atoms with E-state index in [0.29, 0.717) is 27.3 Å². The standard InChI is InChI=1S/C16H17ClN2O3S3/c17-15-6-5-14(24-15)13(20)11-23-16-7-4-12(10-18-16)25(21,22)19-8-2-1-3-9-19/h4-7,10H,1-3,8-9,11H2. The summed E-state index contributed by atoms with van der Waals surface area (Å²) >= 11 is 8.36. The quantitative estimate of drug-likeness (QED) is 0.527. The molecule has 0 aromatic carbocycles. The van der Waals surface area contributed by atoms with Crippen molar-refractivity contribution in [3.05, 3.63) is 39.7 Å². The van der Waals surface area contributed by atoms with Gasteiger partial charge in [-0.25, -0.2) is 13.4 Å². The first-order valence-electron chi connectivity index (χ1n) is 7.84. The van der Waals surface area contributed by atoms with Gasteiger partial charge in [-0.15, -0.1) is 11.3 Å².